The third-order valence-corrected chi connectivity index (χ3v) is 5.37. The second-order valence-electron chi connectivity index (χ2n) is 6.38. The van der Waals surface area contributed by atoms with Crippen molar-refractivity contribution in [3.8, 4) is 5.75 Å². The van der Waals surface area contributed by atoms with Crippen molar-refractivity contribution in [1.29, 1.82) is 0 Å². The third-order valence-electron chi connectivity index (χ3n) is 4.02. The molecule has 0 aliphatic carbocycles. The summed E-state index contributed by atoms with van der Waals surface area (Å²) < 4.78 is 33.6. The number of rotatable bonds is 6. The van der Waals surface area contributed by atoms with Gasteiger partial charge in [-0.1, -0.05) is 18.2 Å². The Kier molecular flexibility index (Phi) is 5.92. The predicted molar refractivity (Wildman–Crippen MR) is 102 cm³/mol. The van der Waals surface area contributed by atoms with Crippen LogP contribution in [-0.4, -0.2) is 39.9 Å². The van der Waals surface area contributed by atoms with Crippen molar-refractivity contribution in [2.24, 2.45) is 0 Å². The molecule has 140 valence electrons. The van der Waals surface area contributed by atoms with Gasteiger partial charge in [-0.3, -0.25) is 9.52 Å². The number of aryl methyl sites for hydroxylation is 3. The zero-order valence-corrected chi connectivity index (χ0v) is 16.5. The van der Waals surface area contributed by atoms with Crippen molar-refractivity contribution in [3.05, 3.63) is 53.1 Å². The van der Waals surface area contributed by atoms with E-state index in [1.165, 1.54) is 17.0 Å². The maximum atomic E-state index is 12.7. The van der Waals surface area contributed by atoms with Gasteiger partial charge in [0.2, 0.25) is 0 Å². The Balaban J connectivity index is 2.23. The normalized spacial score (nSPS) is 11.1. The molecular weight excluding hydrogens is 352 g/mol. The van der Waals surface area contributed by atoms with Crippen LogP contribution in [0.3, 0.4) is 0 Å². The fourth-order valence-electron chi connectivity index (χ4n) is 2.39. The molecule has 0 atom stereocenters. The number of benzene rings is 2. The number of hydrogen-bond donors (Lipinski definition) is 1. The Morgan fingerprint density at radius 1 is 1.04 bits per heavy atom. The molecule has 1 N–H and O–H groups in total. The Bertz CT molecular complexity index is 901. The van der Waals surface area contributed by atoms with Crippen molar-refractivity contribution < 1.29 is 17.9 Å². The summed E-state index contributed by atoms with van der Waals surface area (Å²) in [6.45, 7) is 5.36. The largest absolute Gasteiger partial charge is 0.483 e. The Hall–Kier alpha value is -2.54. The van der Waals surface area contributed by atoms with Gasteiger partial charge >= 0.3 is 0 Å². The second-order valence-corrected chi connectivity index (χ2v) is 8.06. The van der Waals surface area contributed by atoms with Crippen LogP contribution in [0, 0.1) is 20.8 Å². The minimum atomic E-state index is -3.72. The van der Waals surface area contributed by atoms with Crippen molar-refractivity contribution in [3.63, 3.8) is 0 Å². The number of nitrogens with zero attached hydrogens (tertiary/aromatic N) is 1. The maximum Gasteiger partial charge on any atom is 0.261 e. The number of ether oxygens (including phenoxy) is 1. The van der Waals surface area contributed by atoms with E-state index in [9.17, 15) is 13.2 Å². The third kappa shape index (κ3) is 4.54. The highest BCUT2D eigenvalue weighted by atomic mass is 32.2. The summed E-state index contributed by atoms with van der Waals surface area (Å²) in [6.07, 6.45) is 0. The highest BCUT2D eigenvalue weighted by molar-refractivity contribution is 7.92. The monoisotopic (exact) mass is 376 g/mol. The number of carbonyl (C=O) groups excluding carboxylic acids is 1. The maximum absolute atomic E-state index is 12.7. The van der Waals surface area contributed by atoms with Gasteiger partial charge in [-0.2, -0.15) is 0 Å². The van der Waals surface area contributed by atoms with Gasteiger partial charge in [0.25, 0.3) is 15.9 Å². The lowest BCUT2D eigenvalue weighted by Crippen LogP contribution is -2.27. The molecule has 0 unspecified atom stereocenters. The molecule has 0 aliphatic heterocycles. The molecule has 2 rings (SSSR count). The molecular formula is C19H24N2O4S. The van der Waals surface area contributed by atoms with Gasteiger partial charge in [-0.05, 0) is 55.7 Å². The number of para-hydroxylation sites is 1. The molecule has 0 aliphatic rings. The highest BCUT2D eigenvalue weighted by Gasteiger charge is 2.18. The quantitative estimate of drug-likeness (QED) is 0.841. The Morgan fingerprint density at radius 2 is 1.65 bits per heavy atom. The smallest absolute Gasteiger partial charge is 0.261 e. The van der Waals surface area contributed by atoms with Gasteiger partial charge in [-0.15, -0.1) is 0 Å². The van der Waals surface area contributed by atoms with Crippen LogP contribution < -0.4 is 9.46 Å². The van der Waals surface area contributed by atoms with Crippen LogP contribution in [0.5, 0.6) is 5.75 Å². The first-order chi connectivity index (χ1) is 12.1. The van der Waals surface area contributed by atoms with Gasteiger partial charge in [-0.25, -0.2) is 8.42 Å². The molecule has 0 bridgehead atoms. The summed E-state index contributed by atoms with van der Waals surface area (Å²) in [4.78, 5) is 13.2. The summed E-state index contributed by atoms with van der Waals surface area (Å²) in [7, 11) is -0.430. The van der Waals surface area contributed by atoms with E-state index in [1.54, 1.807) is 27.1 Å². The average molecular weight is 376 g/mol. The first-order valence-corrected chi connectivity index (χ1v) is 9.63. The van der Waals surface area contributed by atoms with E-state index in [-0.39, 0.29) is 17.4 Å². The number of anilines is 1. The van der Waals surface area contributed by atoms with E-state index in [1.807, 2.05) is 32.0 Å². The van der Waals surface area contributed by atoms with E-state index in [0.29, 0.717) is 17.0 Å². The predicted octanol–water partition coefficient (Wildman–Crippen LogP) is 2.88. The molecule has 26 heavy (non-hydrogen) atoms. The topological polar surface area (TPSA) is 75.7 Å². The van der Waals surface area contributed by atoms with Crippen LogP contribution in [0.4, 0.5) is 5.69 Å². The van der Waals surface area contributed by atoms with Gasteiger partial charge in [0, 0.05) is 14.1 Å². The van der Waals surface area contributed by atoms with Crippen molar-refractivity contribution in [2.45, 2.75) is 25.7 Å². The fourth-order valence-corrected chi connectivity index (χ4v) is 3.68. The lowest BCUT2D eigenvalue weighted by Gasteiger charge is -2.15. The molecule has 7 heteroatoms. The first-order valence-electron chi connectivity index (χ1n) is 8.14. The van der Waals surface area contributed by atoms with Crippen LogP contribution in [0.25, 0.3) is 0 Å². The van der Waals surface area contributed by atoms with Crippen LogP contribution >= 0.6 is 0 Å². The standard InChI is InChI=1S/C19H24N2O4S/c1-13-7-6-8-14(2)19(13)20-26(23,24)16-9-10-17(15(3)11-16)25-12-18(22)21(4)5/h6-11,20H,12H2,1-5H3. The van der Waals surface area contributed by atoms with Crippen LogP contribution in [0.2, 0.25) is 0 Å². The van der Waals surface area contributed by atoms with Gasteiger partial charge in [0.1, 0.15) is 5.75 Å². The molecule has 0 heterocycles. The molecule has 2 aromatic carbocycles. The van der Waals surface area contributed by atoms with E-state index in [4.69, 9.17) is 4.74 Å². The Morgan fingerprint density at radius 3 is 2.19 bits per heavy atom. The highest BCUT2D eigenvalue weighted by Crippen LogP contribution is 2.26. The van der Waals surface area contributed by atoms with Crippen LogP contribution in [0.15, 0.2) is 41.3 Å². The molecule has 0 spiro atoms. The zero-order chi connectivity index (χ0) is 19.5. The molecule has 1 amide bonds. The van der Waals surface area contributed by atoms with Gasteiger partial charge < -0.3 is 9.64 Å². The minimum Gasteiger partial charge on any atom is -0.483 e. The molecule has 2 aromatic rings. The summed E-state index contributed by atoms with van der Waals surface area (Å²) in [5, 5.41) is 0. The van der Waals surface area contributed by atoms with Crippen molar-refractivity contribution >= 4 is 21.6 Å². The zero-order valence-electron chi connectivity index (χ0n) is 15.7. The number of carbonyl (C=O) groups is 1. The summed E-state index contributed by atoms with van der Waals surface area (Å²) in [5.41, 5.74) is 2.93. The minimum absolute atomic E-state index is 0.0966. The van der Waals surface area contributed by atoms with Gasteiger partial charge in [0.05, 0.1) is 10.6 Å². The van der Waals surface area contributed by atoms with Gasteiger partial charge in [0.15, 0.2) is 6.61 Å². The summed E-state index contributed by atoms with van der Waals surface area (Å²) in [6, 6.07) is 10.2. The number of hydrogen-bond acceptors (Lipinski definition) is 4. The van der Waals surface area contributed by atoms with Crippen LogP contribution in [-0.2, 0) is 14.8 Å². The Labute approximate surface area is 154 Å². The van der Waals surface area contributed by atoms with E-state index < -0.39 is 10.0 Å². The molecule has 0 aromatic heterocycles. The van der Waals surface area contributed by atoms with Crippen molar-refractivity contribution in [2.75, 3.05) is 25.4 Å². The number of likely N-dealkylation sites (N-methyl/N-ethyl adjacent to an activating group) is 1. The number of sulfonamides is 1. The lowest BCUT2D eigenvalue weighted by molar-refractivity contribution is -0.130. The molecule has 6 nitrogen and oxygen atoms in total. The molecule has 0 fully saturated rings. The SMILES string of the molecule is Cc1cc(S(=O)(=O)Nc2c(C)cccc2C)ccc1OCC(=O)N(C)C. The van der Waals surface area contributed by atoms with E-state index >= 15 is 0 Å². The van der Waals surface area contributed by atoms with Crippen molar-refractivity contribution in [1.82, 2.24) is 4.90 Å². The first kappa shape index (κ1) is 19.8. The number of nitrogens with one attached hydrogen (secondary N) is 1. The molecule has 0 saturated heterocycles. The second kappa shape index (κ2) is 7.78. The average Bonchev–Trinajstić information content (AvgIpc) is 2.56. The fraction of sp³-hybridized carbons (Fsp3) is 0.316. The van der Waals surface area contributed by atoms with E-state index in [2.05, 4.69) is 4.72 Å². The lowest BCUT2D eigenvalue weighted by atomic mass is 10.1. The number of amides is 1. The summed E-state index contributed by atoms with van der Waals surface area (Å²) in [5.74, 6) is 0.309. The summed E-state index contributed by atoms with van der Waals surface area (Å²) >= 11 is 0. The van der Waals surface area contributed by atoms with Crippen LogP contribution in [0.1, 0.15) is 16.7 Å². The van der Waals surface area contributed by atoms with E-state index in [0.717, 1.165) is 11.1 Å². The molecule has 0 radical (unpaired) electrons. The molecule has 0 saturated carbocycles.